The third-order valence-corrected chi connectivity index (χ3v) is 4.71. The molecule has 0 saturated carbocycles. The van der Waals surface area contributed by atoms with Crippen LogP contribution in [0.3, 0.4) is 0 Å². The number of hydrogen-bond donors (Lipinski definition) is 0. The third-order valence-electron chi connectivity index (χ3n) is 4.71. The second-order valence-electron chi connectivity index (χ2n) is 6.58. The van der Waals surface area contributed by atoms with Crippen LogP contribution in [-0.4, -0.2) is 39.9 Å². The lowest BCUT2D eigenvalue weighted by Gasteiger charge is -2.39. The van der Waals surface area contributed by atoms with Crippen LogP contribution in [0.15, 0.2) is 34.9 Å². The number of nitrogens with zero attached hydrogens (tertiary/aromatic N) is 3. The highest BCUT2D eigenvalue weighted by Gasteiger charge is 2.44. The molecule has 0 spiro atoms. The molecule has 1 atom stereocenters. The average molecular weight is 325 g/mol. The minimum absolute atomic E-state index is 0.00598. The minimum Gasteiger partial charge on any atom is -0.351 e. The number of rotatable bonds is 2. The third kappa shape index (κ3) is 2.13. The molecule has 1 saturated heterocycles. The van der Waals surface area contributed by atoms with Gasteiger partial charge in [-0.15, -0.1) is 0 Å². The summed E-state index contributed by atoms with van der Waals surface area (Å²) in [6.07, 6.45) is 0.412. The minimum atomic E-state index is -0.345. The molecule has 3 heterocycles. The van der Waals surface area contributed by atoms with E-state index in [1.807, 2.05) is 38.1 Å². The fourth-order valence-electron chi connectivity index (χ4n) is 3.46. The molecule has 2 aliphatic rings. The van der Waals surface area contributed by atoms with Crippen LogP contribution in [0.2, 0.25) is 0 Å². The lowest BCUT2D eigenvalue weighted by molar-refractivity contribution is 0.0141. The van der Waals surface area contributed by atoms with Gasteiger partial charge in [0, 0.05) is 30.3 Å². The highest BCUT2D eigenvalue weighted by atomic mass is 16.5. The molecular weight excluding hydrogens is 306 g/mol. The Morgan fingerprint density at radius 2 is 2.08 bits per heavy atom. The lowest BCUT2D eigenvalue weighted by atomic mass is 10.1. The van der Waals surface area contributed by atoms with E-state index < -0.39 is 0 Å². The molecule has 0 radical (unpaired) electrons. The first-order chi connectivity index (χ1) is 11.6. The van der Waals surface area contributed by atoms with E-state index >= 15 is 0 Å². The zero-order chi connectivity index (χ0) is 16.8. The summed E-state index contributed by atoms with van der Waals surface area (Å²) >= 11 is 0. The fourth-order valence-corrected chi connectivity index (χ4v) is 3.46. The summed E-state index contributed by atoms with van der Waals surface area (Å²) in [4.78, 5) is 29.0. The van der Waals surface area contributed by atoms with Gasteiger partial charge in [-0.1, -0.05) is 37.2 Å². The van der Waals surface area contributed by atoms with E-state index in [4.69, 9.17) is 4.52 Å². The second kappa shape index (κ2) is 5.47. The number of fused-ring (bicyclic) bond motifs is 3. The molecule has 0 unspecified atom stereocenters. The van der Waals surface area contributed by atoms with Crippen LogP contribution in [0, 0.1) is 0 Å². The van der Waals surface area contributed by atoms with Gasteiger partial charge in [0.1, 0.15) is 6.17 Å². The molecule has 4 rings (SSSR count). The Hall–Kier alpha value is -2.63. The van der Waals surface area contributed by atoms with Crippen molar-refractivity contribution in [1.82, 2.24) is 15.0 Å². The standard InChI is InChI=1S/C18H19N3O3/c1-11(2)14-10-15(24-19-14)18(23)21-9-5-8-20-16(21)12-6-3-4-7-13(12)17(20)22/h3-4,6-7,10-11,16H,5,8-9H2,1-2H3/t16-/m1/s1. The van der Waals surface area contributed by atoms with Crippen molar-refractivity contribution in [2.75, 3.05) is 13.1 Å². The van der Waals surface area contributed by atoms with Crippen LogP contribution in [0.1, 0.15) is 64.5 Å². The topological polar surface area (TPSA) is 66.7 Å². The second-order valence-corrected chi connectivity index (χ2v) is 6.58. The molecule has 1 aromatic heterocycles. The first-order valence-corrected chi connectivity index (χ1v) is 8.25. The predicted molar refractivity (Wildman–Crippen MR) is 86.5 cm³/mol. The zero-order valence-electron chi connectivity index (χ0n) is 13.7. The first-order valence-electron chi connectivity index (χ1n) is 8.25. The Labute approximate surface area is 140 Å². The summed E-state index contributed by atoms with van der Waals surface area (Å²) in [7, 11) is 0. The van der Waals surface area contributed by atoms with Gasteiger partial charge in [0.15, 0.2) is 0 Å². The molecule has 124 valence electrons. The fraction of sp³-hybridized carbons (Fsp3) is 0.389. The average Bonchev–Trinajstić information content (AvgIpc) is 3.19. The maximum absolute atomic E-state index is 12.9. The van der Waals surface area contributed by atoms with Crippen LogP contribution in [0.5, 0.6) is 0 Å². The summed E-state index contributed by atoms with van der Waals surface area (Å²) in [5.74, 6) is 0.210. The van der Waals surface area contributed by atoms with Gasteiger partial charge in [-0.2, -0.15) is 0 Å². The van der Waals surface area contributed by atoms with Crippen LogP contribution in [0.25, 0.3) is 0 Å². The monoisotopic (exact) mass is 325 g/mol. The smallest absolute Gasteiger partial charge is 0.294 e. The van der Waals surface area contributed by atoms with Gasteiger partial charge in [-0.25, -0.2) is 0 Å². The molecule has 2 aromatic rings. The van der Waals surface area contributed by atoms with Gasteiger partial charge < -0.3 is 14.3 Å². The lowest BCUT2D eigenvalue weighted by Crippen LogP contribution is -2.48. The molecule has 0 N–H and O–H groups in total. The van der Waals surface area contributed by atoms with E-state index in [-0.39, 0.29) is 29.7 Å². The van der Waals surface area contributed by atoms with Crippen molar-refractivity contribution < 1.29 is 14.1 Å². The van der Waals surface area contributed by atoms with Crippen LogP contribution in [0.4, 0.5) is 0 Å². The number of hydrogen-bond acceptors (Lipinski definition) is 4. The number of carbonyl (C=O) groups is 2. The molecule has 2 aliphatic heterocycles. The van der Waals surface area contributed by atoms with Crippen molar-refractivity contribution in [3.63, 3.8) is 0 Å². The summed E-state index contributed by atoms with van der Waals surface area (Å²) in [5, 5.41) is 3.97. The number of carbonyl (C=O) groups excluding carboxylic acids is 2. The van der Waals surface area contributed by atoms with E-state index in [1.165, 1.54) is 0 Å². The normalized spacial score (nSPS) is 19.6. The number of benzene rings is 1. The van der Waals surface area contributed by atoms with Crippen molar-refractivity contribution in [3.05, 3.63) is 52.9 Å². The summed E-state index contributed by atoms with van der Waals surface area (Å²) in [6.45, 7) is 5.26. The molecule has 24 heavy (non-hydrogen) atoms. The Kier molecular flexibility index (Phi) is 3.40. The SMILES string of the molecule is CC(C)c1cc(C(=O)N2CCCN3C(=O)c4ccccc4[C@@H]23)on1. The molecule has 0 aliphatic carbocycles. The molecule has 1 fully saturated rings. The van der Waals surface area contributed by atoms with E-state index in [0.29, 0.717) is 18.7 Å². The summed E-state index contributed by atoms with van der Waals surface area (Å²) in [5.41, 5.74) is 2.33. The van der Waals surface area contributed by atoms with Gasteiger partial charge in [-0.05, 0) is 18.4 Å². The zero-order valence-corrected chi connectivity index (χ0v) is 13.7. The van der Waals surface area contributed by atoms with Crippen molar-refractivity contribution in [3.8, 4) is 0 Å². The Morgan fingerprint density at radius 3 is 2.83 bits per heavy atom. The molecular formula is C18H19N3O3. The van der Waals surface area contributed by atoms with E-state index in [1.54, 1.807) is 15.9 Å². The molecule has 0 bridgehead atoms. The van der Waals surface area contributed by atoms with Crippen LogP contribution < -0.4 is 0 Å². The Balaban J connectivity index is 1.70. The van der Waals surface area contributed by atoms with Gasteiger partial charge in [0.2, 0.25) is 5.76 Å². The van der Waals surface area contributed by atoms with Gasteiger partial charge >= 0.3 is 0 Å². The van der Waals surface area contributed by atoms with E-state index in [0.717, 1.165) is 17.7 Å². The highest BCUT2D eigenvalue weighted by Crippen LogP contribution is 2.39. The van der Waals surface area contributed by atoms with Gasteiger partial charge in [0.05, 0.1) is 5.69 Å². The van der Waals surface area contributed by atoms with Crippen molar-refractivity contribution in [2.45, 2.75) is 32.4 Å². The van der Waals surface area contributed by atoms with Gasteiger partial charge in [0.25, 0.3) is 11.8 Å². The van der Waals surface area contributed by atoms with Crippen molar-refractivity contribution in [2.24, 2.45) is 0 Å². The van der Waals surface area contributed by atoms with Crippen LogP contribution in [-0.2, 0) is 0 Å². The van der Waals surface area contributed by atoms with Crippen molar-refractivity contribution >= 4 is 11.8 Å². The summed E-state index contributed by atoms with van der Waals surface area (Å²) in [6, 6.07) is 9.20. The molecule has 1 aromatic carbocycles. The summed E-state index contributed by atoms with van der Waals surface area (Å²) < 4.78 is 5.26. The first kappa shape index (κ1) is 14.9. The van der Waals surface area contributed by atoms with E-state index in [9.17, 15) is 9.59 Å². The maximum Gasteiger partial charge on any atom is 0.294 e. The highest BCUT2D eigenvalue weighted by molar-refractivity contribution is 6.00. The maximum atomic E-state index is 12.9. The molecule has 6 nitrogen and oxygen atoms in total. The Bertz CT molecular complexity index is 811. The predicted octanol–water partition coefficient (Wildman–Crippen LogP) is 2.80. The van der Waals surface area contributed by atoms with Gasteiger partial charge in [-0.3, -0.25) is 9.59 Å². The van der Waals surface area contributed by atoms with Crippen molar-refractivity contribution in [1.29, 1.82) is 0 Å². The van der Waals surface area contributed by atoms with E-state index in [2.05, 4.69) is 5.16 Å². The number of aromatic nitrogens is 1. The largest absolute Gasteiger partial charge is 0.351 e. The quantitative estimate of drug-likeness (QED) is 0.851. The molecule has 6 heteroatoms. The Morgan fingerprint density at radius 1 is 1.29 bits per heavy atom. The molecule has 2 amide bonds. The number of amides is 2. The van der Waals surface area contributed by atoms with Crippen LogP contribution >= 0.6 is 0 Å².